The van der Waals surface area contributed by atoms with E-state index in [-0.39, 0.29) is 17.9 Å². The number of aromatic nitrogens is 2. The Morgan fingerprint density at radius 2 is 1.71 bits per heavy atom. The van der Waals surface area contributed by atoms with Crippen LogP contribution in [0.25, 0.3) is 0 Å². The van der Waals surface area contributed by atoms with Crippen LogP contribution in [0.1, 0.15) is 42.6 Å². The van der Waals surface area contributed by atoms with E-state index >= 15 is 0 Å². The summed E-state index contributed by atoms with van der Waals surface area (Å²) in [6, 6.07) is 8.73. The Bertz CT molecular complexity index is 745. The standard InChI is InChI=1S/C19H22FN3O/c1-12-8-13(2)22-18(21-12)23-16-6-7-17(23)11-19(24,10-16)14-4-3-5-15(20)9-14/h3-5,8-9,16-17,24H,6-7,10-11H2,1-2H3. The second-order valence-electron chi connectivity index (χ2n) is 7.19. The van der Waals surface area contributed by atoms with Crippen LogP contribution in [0.3, 0.4) is 0 Å². The molecule has 4 rings (SSSR count). The Morgan fingerprint density at radius 1 is 1.08 bits per heavy atom. The van der Waals surface area contributed by atoms with Crippen LogP contribution in [0, 0.1) is 19.7 Å². The molecular weight excluding hydrogens is 305 g/mol. The van der Waals surface area contributed by atoms with Crippen molar-refractivity contribution >= 4 is 5.95 Å². The van der Waals surface area contributed by atoms with Crippen molar-refractivity contribution in [3.05, 3.63) is 53.1 Å². The van der Waals surface area contributed by atoms with Gasteiger partial charge in [-0.25, -0.2) is 14.4 Å². The molecule has 2 unspecified atom stereocenters. The molecule has 2 aliphatic heterocycles. The minimum atomic E-state index is -0.969. The van der Waals surface area contributed by atoms with Gasteiger partial charge in [0.25, 0.3) is 0 Å². The lowest BCUT2D eigenvalue weighted by atomic mass is 9.80. The zero-order chi connectivity index (χ0) is 16.9. The molecule has 1 aromatic heterocycles. The normalized spacial score (nSPS) is 29.1. The summed E-state index contributed by atoms with van der Waals surface area (Å²) < 4.78 is 13.6. The van der Waals surface area contributed by atoms with Crippen LogP contribution < -0.4 is 4.90 Å². The molecule has 1 N–H and O–H groups in total. The van der Waals surface area contributed by atoms with E-state index in [4.69, 9.17) is 0 Å². The van der Waals surface area contributed by atoms with E-state index in [0.717, 1.165) is 30.2 Å². The number of aliphatic hydroxyl groups is 1. The fourth-order valence-corrected chi connectivity index (χ4v) is 4.39. The Morgan fingerprint density at radius 3 is 2.29 bits per heavy atom. The SMILES string of the molecule is Cc1cc(C)nc(N2C3CCC2CC(O)(c2cccc(F)c2)C3)n1. The topological polar surface area (TPSA) is 49.2 Å². The summed E-state index contributed by atoms with van der Waals surface area (Å²) in [4.78, 5) is 11.5. The lowest BCUT2D eigenvalue weighted by molar-refractivity contribution is -0.00362. The van der Waals surface area contributed by atoms with Crippen molar-refractivity contribution in [2.45, 2.75) is 57.2 Å². The molecule has 2 saturated heterocycles. The van der Waals surface area contributed by atoms with Gasteiger partial charge < -0.3 is 10.0 Å². The first-order valence-electron chi connectivity index (χ1n) is 8.54. The smallest absolute Gasteiger partial charge is 0.226 e. The van der Waals surface area contributed by atoms with Crippen molar-refractivity contribution in [3.8, 4) is 0 Å². The third-order valence-corrected chi connectivity index (χ3v) is 5.33. The maximum Gasteiger partial charge on any atom is 0.226 e. The minimum absolute atomic E-state index is 0.193. The molecule has 0 spiro atoms. The molecule has 24 heavy (non-hydrogen) atoms. The van der Waals surface area contributed by atoms with Crippen molar-refractivity contribution < 1.29 is 9.50 Å². The van der Waals surface area contributed by atoms with Crippen molar-refractivity contribution in [3.63, 3.8) is 0 Å². The summed E-state index contributed by atoms with van der Waals surface area (Å²) in [6.07, 6.45) is 3.20. The number of fused-ring (bicyclic) bond motifs is 2. The fourth-order valence-electron chi connectivity index (χ4n) is 4.39. The maximum atomic E-state index is 13.6. The molecule has 2 aromatic rings. The first-order chi connectivity index (χ1) is 11.4. The molecule has 2 fully saturated rings. The number of benzene rings is 1. The first kappa shape index (κ1) is 15.5. The van der Waals surface area contributed by atoms with Crippen molar-refractivity contribution in [1.29, 1.82) is 0 Å². The van der Waals surface area contributed by atoms with Crippen molar-refractivity contribution in [2.24, 2.45) is 0 Å². The molecule has 4 nitrogen and oxygen atoms in total. The monoisotopic (exact) mass is 327 g/mol. The molecule has 0 saturated carbocycles. The summed E-state index contributed by atoms with van der Waals surface area (Å²) in [5.41, 5.74) is 1.63. The second-order valence-corrected chi connectivity index (χ2v) is 7.19. The summed E-state index contributed by atoms with van der Waals surface area (Å²) in [5, 5.41) is 11.2. The molecule has 1 aromatic carbocycles. The summed E-state index contributed by atoms with van der Waals surface area (Å²) in [5.74, 6) is 0.467. The lowest BCUT2D eigenvalue weighted by Gasteiger charge is -2.44. The Kier molecular flexibility index (Phi) is 3.57. The largest absolute Gasteiger partial charge is 0.385 e. The maximum absolute atomic E-state index is 13.6. The lowest BCUT2D eigenvalue weighted by Crippen LogP contribution is -2.50. The van der Waals surface area contributed by atoms with Gasteiger partial charge in [-0.2, -0.15) is 0 Å². The summed E-state index contributed by atoms with van der Waals surface area (Å²) in [6.45, 7) is 3.96. The van der Waals surface area contributed by atoms with Crippen molar-refractivity contribution in [2.75, 3.05) is 4.90 Å². The predicted octanol–water partition coefficient (Wildman–Crippen LogP) is 3.25. The van der Waals surface area contributed by atoms with E-state index in [1.165, 1.54) is 12.1 Å². The predicted molar refractivity (Wildman–Crippen MR) is 90.3 cm³/mol. The van der Waals surface area contributed by atoms with Gasteiger partial charge in [-0.05, 0) is 50.5 Å². The second kappa shape index (κ2) is 5.52. The zero-order valence-electron chi connectivity index (χ0n) is 14.0. The van der Waals surface area contributed by atoms with Crippen LogP contribution in [0.15, 0.2) is 30.3 Å². The van der Waals surface area contributed by atoms with Gasteiger partial charge in [-0.3, -0.25) is 0 Å². The number of rotatable bonds is 2. The van der Waals surface area contributed by atoms with Gasteiger partial charge in [0.1, 0.15) is 5.82 Å². The van der Waals surface area contributed by atoms with E-state index in [2.05, 4.69) is 14.9 Å². The number of anilines is 1. The number of piperidine rings is 1. The van der Waals surface area contributed by atoms with E-state index in [0.29, 0.717) is 18.4 Å². The van der Waals surface area contributed by atoms with Gasteiger partial charge in [-0.15, -0.1) is 0 Å². The number of nitrogens with zero attached hydrogens (tertiary/aromatic N) is 3. The third kappa shape index (κ3) is 2.57. The highest BCUT2D eigenvalue weighted by molar-refractivity contribution is 5.41. The average molecular weight is 327 g/mol. The molecule has 126 valence electrons. The number of aryl methyl sites for hydroxylation is 2. The molecule has 3 heterocycles. The molecule has 0 radical (unpaired) electrons. The van der Waals surface area contributed by atoms with Gasteiger partial charge in [-0.1, -0.05) is 12.1 Å². The summed E-state index contributed by atoms with van der Waals surface area (Å²) in [7, 11) is 0. The Hall–Kier alpha value is -2.01. The third-order valence-electron chi connectivity index (χ3n) is 5.33. The molecule has 0 amide bonds. The van der Waals surface area contributed by atoms with Crippen molar-refractivity contribution in [1.82, 2.24) is 9.97 Å². The average Bonchev–Trinajstić information content (AvgIpc) is 2.79. The van der Waals surface area contributed by atoms with E-state index < -0.39 is 5.60 Å². The molecule has 0 aliphatic carbocycles. The number of halogens is 1. The number of hydrogen-bond acceptors (Lipinski definition) is 4. The highest BCUT2D eigenvalue weighted by Crippen LogP contribution is 2.46. The summed E-state index contributed by atoms with van der Waals surface area (Å²) >= 11 is 0. The van der Waals surface area contributed by atoms with E-state index in [1.54, 1.807) is 6.07 Å². The van der Waals surface area contributed by atoms with Crippen LogP contribution >= 0.6 is 0 Å². The van der Waals surface area contributed by atoms with Crippen LogP contribution in [-0.4, -0.2) is 27.2 Å². The van der Waals surface area contributed by atoms with Crippen LogP contribution in [0.4, 0.5) is 10.3 Å². The fraction of sp³-hybridized carbons (Fsp3) is 0.474. The zero-order valence-corrected chi connectivity index (χ0v) is 14.0. The molecule has 5 heteroatoms. The Labute approximate surface area is 141 Å². The Balaban J connectivity index is 1.66. The van der Waals surface area contributed by atoms with Gasteiger partial charge in [0.2, 0.25) is 5.95 Å². The quantitative estimate of drug-likeness (QED) is 0.920. The van der Waals surface area contributed by atoms with Gasteiger partial charge >= 0.3 is 0 Å². The van der Waals surface area contributed by atoms with Crippen LogP contribution in [0.5, 0.6) is 0 Å². The molecule has 2 atom stereocenters. The van der Waals surface area contributed by atoms with Gasteiger partial charge in [0.15, 0.2) is 0 Å². The van der Waals surface area contributed by atoms with Crippen LogP contribution in [0.2, 0.25) is 0 Å². The first-order valence-corrected chi connectivity index (χ1v) is 8.54. The molecule has 2 aliphatic rings. The van der Waals surface area contributed by atoms with Gasteiger partial charge in [0, 0.05) is 36.3 Å². The van der Waals surface area contributed by atoms with E-state index in [9.17, 15) is 9.50 Å². The number of hydrogen-bond donors (Lipinski definition) is 1. The molecule has 2 bridgehead atoms. The minimum Gasteiger partial charge on any atom is -0.385 e. The highest BCUT2D eigenvalue weighted by atomic mass is 19.1. The van der Waals surface area contributed by atoms with E-state index in [1.807, 2.05) is 26.0 Å². The molecular formula is C19H22FN3O. The van der Waals surface area contributed by atoms with Gasteiger partial charge in [0.05, 0.1) is 5.60 Å². The van der Waals surface area contributed by atoms with Crippen LogP contribution in [-0.2, 0) is 5.60 Å². The highest BCUT2D eigenvalue weighted by Gasteiger charge is 2.49.